The number of rotatable bonds is 7. The predicted molar refractivity (Wildman–Crippen MR) is 125 cm³/mol. The Hall–Kier alpha value is -0.720. The van der Waals surface area contributed by atoms with Crippen LogP contribution in [0.3, 0.4) is 0 Å². The molecule has 19 atom stereocenters. The third-order valence-electron chi connectivity index (χ3n) is 7.71. The van der Waals surface area contributed by atoms with Gasteiger partial charge in [-0.25, -0.2) is 0 Å². The molecule has 0 bridgehead atoms. The summed E-state index contributed by atoms with van der Waals surface area (Å²) in [5.74, 6) is 0. The van der Waals surface area contributed by atoms with E-state index in [4.69, 9.17) is 33.2 Å². The zero-order chi connectivity index (χ0) is 30.3. The summed E-state index contributed by atoms with van der Waals surface area (Å²) in [4.78, 5) is 0. The first-order chi connectivity index (χ1) is 19.2. The Labute approximate surface area is 233 Å². The number of hydrogen-bond donors (Lipinski definition) is 11. The third kappa shape index (κ3) is 6.85. The van der Waals surface area contributed by atoms with Gasteiger partial charge in [-0.15, -0.1) is 0 Å². The highest BCUT2D eigenvalue weighted by molar-refractivity contribution is 4.95. The van der Waals surface area contributed by atoms with Crippen LogP contribution in [-0.4, -0.2) is 186 Å². The lowest BCUT2D eigenvalue weighted by Crippen LogP contribution is -2.66. The third-order valence-corrected chi connectivity index (χ3v) is 7.71. The summed E-state index contributed by atoms with van der Waals surface area (Å²) in [6.45, 7) is 1.89. The normalized spacial score (nSPS) is 55.1. The summed E-state index contributed by atoms with van der Waals surface area (Å²) < 4.78 is 38.1. The largest absolute Gasteiger partial charge is 0.388 e. The van der Waals surface area contributed by atoms with E-state index in [9.17, 15) is 56.2 Å². The summed E-state index contributed by atoms with van der Waals surface area (Å²) >= 11 is 0. The smallest absolute Gasteiger partial charge is 0.187 e. The lowest BCUT2D eigenvalue weighted by molar-refractivity contribution is -0.377. The van der Waals surface area contributed by atoms with E-state index in [-0.39, 0.29) is 6.61 Å². The zero-order valence-corrected chi connectivity index (χ0v) is 22.2. The van der Waals surface area contributed by atoms with Gasteiger partial charge in [0.05, 0.1) is 25.4 Å². The molecule has 4 fully saturated rings. The Morgan fingerprint density at radius 2 is 1.10 bits per heavy atom. The fourth-order valence-corrected chi connectivity index (χ4v) is 5.04. The van der Waals surface area contributed by atoms with Crippen molar-refractivity contribution in [2.75, 3.05) is 13.2 Å². The van der Waals surface area contributed by atoms with E-state index in [0.717, 1.165) is 0 Å². The quantitative estimate of drug-likeness (QED) is 0.129. The lowest BCUT2D eigenvalue weighted by Gasteiger charge is -2.47. The van der Waals surface area contributed by atoms with E-state index in [2.05, 4.69) is 0 Å². The first kappa shape index (κ1) is 33.2. The van der Waals surface area contributed by atoms with Crippen LogP contribution in [0.2, 0.25) is 0 Å². The molecule has 0 spiro atoms. The van der Waals surface area contributed by atoms with Crippen molar-refractivity contribution in [1.29, 1.82) is 0 Å². The molecule has 0 aromatic heterocycles. The summed E-state index contributed by atoms with van der Waals surface area (Å²) in [6, 6.07) is 0. The van der Waals surface area contributed by atoms with E-state index >= 15 is 0 Å². The molecule has 4 aliphatic rings. The molecule has 11 N–H and O–H groups in total. The molecule has 0 radical (unpaired) electrons. The first-order valence-electron chi connectivity index (χ1n) is 13.2. The molecule has 41 heavy (non-hydrogen) atoms. The Balaban J connectivity index is 1.46. The first-order valence-corrected chi connectivity index (χ1v) is 13.2. The van der Waals surface area contributed by atoms with E-state index in [1.807, 2.05) is 0 Å². The van der Waals surface area contributed by atoms with Crippen LogP contribution in [-0.2, 0) is 33.2 Å². The molecule has 18 heteroatoms. The second kappa shape index (κ2) is 13.5. The zero-order valence-electron chi connectivity index (χ0n) is 22.2. The Morgan fingerprint density at radius 3 is 1.76 bits per heavy atom. The summed E-state index contributed by atoms with van der Waals surface area (Å²) in [6.07, 6.45) is -29.6. The molecule has 0 aliphatic carbocycles. The van der Waals surface area contributed by atoms with Gasteiger partial charge >= 0.3 is 0 Å². The van der Waals surface area contributed by atoms with Crippen LogP contribution in [0.5, 0.6) is 0 Å². The van der Waals surface area contributed by atoms with Gasteiger partial charge < -0.3 is 89.3 Å². The van der Waals surface area contributed by atoms with Crippen molar-refractivity contribution in [2.45, 2.75) is 131 Å². The molecule has 0 aromatic carbocycles. The molecule has 4 rings (SSSR count). The Morgan fingerprint density at radius 1 is 0.537 bits per heavy atom. The van der Waals surface area contributed by atoms with Crippen LogP contribution in [0.15, 0.2) is 0 Å². The molecule has 0 saturated carbocycles. The standard InChI is InChI=1S/C23H40O18/c1-5-9(25)12(28)16(32)22(37-5)41-19-10(26)6(2)38-23(17(19)33)40-18-8(39-20(34)14(30)13(18)29)4-36-21-15(31)11(27)7(24)3-35-21/h5-34H,3-4H2,1-2H3/t5-,6-,7+,8+,9-,10-,11-,12+,13+,14+,15+,16+,17+,18+,19+,20+,21-,22-,23-/m0/s1. The minimum atomic E-state index is -1.90. The van der Waals surface area contributed by atoms with Crippen molar-refractivity contribution in [3.05, 3.63) is 0 Å². The number of aliphatic hydroxyl groups excluding tert-OH is 11. The highest BCUT2D eigenvalue weighted by atomic mass is 16.8. The van der Waals surface area contributed by atoms with Crippen LogP contribution >= 0.6 is 0 Å². The fourth-order valence-electron chi connectivity index (χ4n) is 5.04. The Kier molecular flexibility index (Phi) is 10.9. The van der Waals surface area contributed by atoms with E-state index < -0.39 is 123 Å². The summed E-state index contributed by atoms with van der Waals surface area (Å²) in [7, 11) is 0. The van der Waals surface area contributed by atoms with Crippen molar-refractivity contribution in [1.82, 2.24) is 0 Å². The molecule has 18 nitrogen and oxygen atoms in total. The van der Waals surface area contributed by atoms with Gasteiger partial charge in [-0.1, -0.05) is 0 Å². The number of hydrogen-bond acceptors (Lipinski definition) is 18. The topological polar surface area (TPSA) is 287 Å². The Bertz CT molecular complexity index is 838. The van der Waals surface area contributed by atoms with Crippen molar-refractivity contribution in [3.8, 4) is 0 Å². The van der Waals surface area contributed by atoms with Crippen molar-refractivity contribution < 1.29 is 89.3 Å². The highest BCUT2D eigenvalue weighted by Crippen LogP contribution is 2.32. The van der Waals surface area contributed by atoms with Crippen LogP contribution in [0.1, 0.15) is 13.8 Å². The molecule has 4 heterocycles. The van der Waals surface area contributed by atoms with Gasteiger partial charge in [0.2, 0.25) is 0 Å². The average Bonchev–Trinajstić information content (AvgIpc) is 2.94. The van der Waals surface area contributed by atoms with Gasteiger partial charge in [0.25, 0.3) is 0 Å². The SMILES string of the molecule is C[C@@H]1O[C@@H](O[C@@H]2[C@@H](O)[C@H](C)O[C@@H](O[C@H]3[C@H](O)[C@@H](O)[C@H](O)O[C@@H]3CO[C@@H]3OC[C@@H](O)[C@H](O)[C@H]3O)[C@@H]2O)[C@H](O)[C@H](O)[C@H]1O. The maximum absolute atomic E-state index is 11.0. The minimum absolute atomic E-state index is 0.365. The maximum Gasteiger partial charge on any atom is 0.187 e. The van der Waals surface area contributed by atoms with Gasteiger partial charge in [-0.2, -0.15) is 0 Å². The molecular formula is C23H40O18. The van der Waals surface area contributed by atoms with E-state index in [1.54, 1.807) is 0 Å². The van der Waals surface area contributed by atoms with Crippen molar-refractivity contribution >= 4 is 0 Å². The molecule has 0 amide bonds. The molecule has 0 unspecified atom stereocenters. The van der Waals surface area contributed by atoms with Crippen LogP contribution in [0.25, 0.3) is 0 Å². The van der Waals surface area contributed by atoms with Crippen LogP contribution < -0.4 is 0 Å². The molecular weight excluding hydrogens is 564 g/mol. The summed E-state index contributed by atoms with van der Waals surface area (Å²) in [5, 5.41) is 112. The molecule has 4 aliphatic heterocycles. The molecule has 240 valence electrons. The van der Waals surface area contributed by atoms with Crippen LogP contribution in [0.4, 0.5) is 0 Å². The number of ether oxygens (including phenoxy) is 7. The van der Waals surface area contributed by atoms with Gasteiger partial charge in [0.1, 0.15) is 79.4 Å². The van der Waals surface area contributed by atoms with Gasteiger partial charge in [-0.3, -0.25) is 0 Å². The van der Waals surface area contributed by atoms with Crippen molar-refractivity contribution in [3.63, 3.8) is 0 Å². The van der Waals surface area contributed by atoms with Gasteiger partial charge in [0.15, 0.2) is 25.2 Å². The van der Waals surface area contributed by atoms with E-state index in [1.165, 1.54) is 13.8 Å². The molecule has 4 saturated heterocycles. The van der Waals surface area contributed by atoms with Crippen LogP contribution in [0, 0.1) is 0 Å². The predicted octanol–water partition coefficient (Wildman–Crippen LogP) is -7.05. The second-order valence-electron chi connectivity index (χ2n) is 10.7. The highest BCUT2D eigenvalue weighted by Gasteiger charge is 2.53. The van der Waals surface area contributed by atoms with Gasteiger partial charge in [-0.05, 0) is 13.8 Å². The fraction of sp³-hybridized carbons (Fsp3) is 1.00. The molecule has 0 aromatic rings. The monoisotopic (exact) mass is 604 g/mol. The maximum atomic E-state index is 11.0. The second-order valence-corrected chi connectivity index (χ2v) is 10.7. The number of aliphatic hydroxyl groups is 11. The minimum Gasteiger partial charge on any atom is -0.388 e. The summed E-state index contributed by atoms with van der Waals surface area (Å²) in [5.41, 5.74) is 0. The van der Waals surface area contributed by atoms with E-state index in [0.29, 0.717) is 0 Å². The van der Waals surface area contributed by atoms with Gasteiger partial charge in [0, 0.05) is 0 Å². The average molecular weight is 605 g/mol. The lowest BCUT2D eigenvalue weighted by atomic mass is 9.96. The van der Waals surface area contributed by atoms with Crippen molar-refractivity contribution in [2.24, 2.45) is 0 Å².